The van der Waals surface area contributed by atoms with Gasteiger partial charge in [0.05, 0.1) is 23.7 Å². The lowest BCUT2D eigenvalue weighted by molar-refractivity contribution is -0.384. The van der Waals surface area contributed by atoms with Gasteiger partial charge >= 0.3 is 0 Å². The minimum atomic E-state index is -0.841. The highest BCUT2D eigenvalue weighted by atomic mass is 16.6. The van der Waals surface area contributed by atoms with Crippen LogP contribution in [0.2, 0.25) is 0 Å². The van der Waals surface area contributed by atoms with Crippen LogP contribution in [-0.2, 0) is 6.61 Å². The topological polar surface area (TPSA) is 107 Å². The minimum Gasteiger partial charge on any atom is -0.392 e. The number of non-ortho nitro benzene ring substituents is 1. The molecule has 0 amide bonds. The first kappa shape index (κ1) is 12.7. The highest BCUT2D eigenvalue weighted by Crippen LogP contribution is 2.28. The van der Waals surface area contributed by atoms with E-state index in [1.54, 1.807) is 4.90 Å². The molecule has 1 saturated heterocycles. The molecule has 0 saturated carbocycles. The molecule has 2 rings (SSSR count). The summed E-state index contributed by atoms with van der Waals surface area (Å²) in [6.07, 6.45) is -1.68. The molecule has 1 fully saturated rings. The molecule has 1 aliphatic rings. The van der Waals surface area contributed by atoms with Crippen LogP contribution in [0.15, 0.2) is 18.2 Å². The Hall–Kier alpha value is -1.70. The first-order valence-electron chi connectivity index (χ1n) is 5.52. The molecule has 2 unspecified atom stereocenters. The Bertz CT molecular complexity index is 455. The molecule has 7 nitrogen and oxygen atoms in total. The second-order valence-corrected chi connectivity index (χ2v) is 4.27. The second-order valence-electron chi connectivity index (χ2n) is 4.27. The molecule has 3 N–H and O–H groups in total. The van der Waals surface area contributed by atoms with Gasteiger partial charge in [-0.1, -0.05) is 0 Å². The van der Waals surface area contributed by atoms with Crippen molar-refractivity contribution in [3.63, 3.8) is 0 Å². The van der Waals surface area contributed by atoms with E-state index in [0.717, 1.165) is 0 Å². The van der Waals surface area contributed by atoms with Gasteiger partial charge in [0.1, 0.15) is 0 Å². The number of hydrogen-bond donors (Lipinski definition) is 3. The van der Waals surface area contributed by atoms with Gasteiger partial charge < -0.3 is 20.2 Å². The third-order valence-corrected chi connectivity index (χ3v) is 3.04. The number of nitro benzene ring substituents is 1. The molecule has 18 heavy (non-hydrogen) atoms. The molecule has 1 aromatic carbocycles. The minimum absolute atomic E-state index is 0.0944. The number of nitrogens with zero attached hydrogens (tertiary/aromatic N) is 2. The molecular weight excluding hydrogens is 240 g/mol. The van der Waals surface area contributed by atoms with Gasteiger partial charge in [-0.15, -0.1) is 0 Å². The highest BCUT2D eigenvalue weighted by Gasteiger charge is 2.30. The van der Waals surface area contributed by atoms with Crippen LogP contribution >= 0.6 is 0 Å². The molecule has 2 atom stereocenters. The van der Waals surface area contributed by atoms with Crippen molar-refractivity contribution in [1.82, 2.24) is 0 Å². The molecule has 0 aromatic heterocycles. The zero-order valence-corrected chi connectivity index (χ0v) is 9.56. The Morgan fingerprint density at radius 2 is 1.94 bits per heavy atom. The standard InChI is InChI=1S/C11H14N2O5/c14-6-7-3-8(13(17)18)1-2-9(7)12-4-10(15)11(16)5-12/h1-3,10-11,14-16H,4-6H2. The van der Waals surface area contributed by atoms with E-state index in [4.69, 9.17) is 0 Å². The third kappa shape index (κ3) is 2.28. The molecule has 0 aliphatic carbocycles. The molecule has 0 radical (unpaired) electrons. The largest absolute Gasteiger partial charge is 0.392 e. The lowest BCUT2D eigenvalue weighted by Gasteiger charge is -2.20. The van der Waals surface area contributed by atoms with Gasteiger partial charge in [0.25, 0.3) is 5.69 Å². The first-order valence-corrected chi connectivity index (χ1v) is 5.52. The van der Waals surface area contributed by atoms with Crippen LogP contribution in [0.1, 0.15) is 5.56 Å². The summed E-state index contributed by atoms with van der Waals surface area (Å²) in [6, 6.07) is 4.16. The summed E-state index contributed by atoms with van der Waals surface area (Å²) in [5.74, 6) is 0. The number of nitro groups is 1. The van der Waals surface area contributed by atoms with E-state index < -0.39 is 17.1 Å². The summed E-state index contributed by atoms with van der Waals surface area (Å²) in [7, 11) is 0. The zero-order valence-electron chi connectivity index (χ0n) is 9.56. The van der Waals surface area contributed by atoms with Gasteiger partial charge in [-0.25, -0.2) is 0 Å². The maximum atomic E-state index is 10.6. The fourth-order valence-corrected chi connectivity index (χ4v) is 2.09. The van der Waals surface area contributed by atoms with Gasteiger partial charge in [0.2, 0.25) is 0 Å². The van der Waals surface area contributed by atoms with Gasteiger partial charge in [-0.05, 0) is 6.07 Å². The monoisotopic (exact) mass is 254 g/mol. The fourth-order valence-electron chi connectivity index (χ4n) is 2.09. The average molecular weight is 254 g/mol. The number of rotatable bonds is 3. The van der Waals surface area contributed by atoms with Gasteiger partial charge in [0, 0.05) is 36.5 Å². The summed E-state index contributed by atoms with van der Waals surface area (Å²) in [5.41, 5.74) is 0.910. The van der Waals surface area contributed by atoms with Gasteiger partial charge in [-0.3, -0.25) is 10.1 Å². The van der Waals surface area contributed by atoms with Crippen LogP contribution in [0, 0.1) is 10.1 Å². The number of anilines is 1. The van der Waals surface area contributed by atoms with Crippen molar-refractivity contribution in [2.24, 2.45) is 0 Å². The molecule has 1 aromatic rings. The predicted molar refractivity (Wildman–Crippen MR) is 63.2 cm³/mol. The van der Waals surface area contributed by atoms with Crippen LogP contribution in [0.5, 0.6) is 0 Å². The molecule has 98 valence electrons. The summed E-state index contributed by atoms with van der Waals surface area (Å²) < 4.78 is 0. The van der Waals surface area contributed by atoms with Crippen molar-refractivity contribution in [3.8, 4) is 0 Å². The van der Waals surface area contributed by atoms with Crippen LogP contribution in [0.4, 0.5) is 11.4 Å². The molecule has 1 aliphatic heterocycles. The van der Waals surface area contributed by atoms with Crippen molar-refractivity contribution >= 4 is 11.4 Å². The lowest BCUT2D eigenvalue weighted by Crippen LogP contribution is -2.22. The maximum absolute atomic E-state index is 10.6. The highest BCUT2D eigenvalue weighted by molar-refractivity contribution is 5.58. The van der Waals surface area contributed by atoms with Crippen molar-refractivity contribution in [2.45, 2.75) is 18.8 Å². The van der Waals surface area contributed by atoms with Crippen molar-refractivity contribution < 1.29 is 20.2 Å². The van der Waals surface area contributed by atoms with Crippen LogP contribution in [-0.4, -0.2) is 45.5 Å². The normalized spacial score (nSPS) is 23.4. The molecule has 0 spiro atoms. The summed E-state index contributed by atoms with van der Waals surface area (Å²) >= 11 is 0. The lowest BCUT2D eigenvalue weighted by atomic mass is 10.1. The number of benzene rings is 1. The third-order valence-electron chi connectivity index (χ3n) is 3.04. The van der Waals surface area contributed by atoms with Gasteiger partial charge in [0.15, 0.2) is 0 Å². The maximum Gasteiger partial charge on any atom is 0.269 e. The number of hydrogen-bond acceptors (Lipinski definition) is 6. The Morgan fingerprint density at radius 3 is 2.44 bits per heavy atom. The van der Waals surface area contributed by atoms with E-state index in [-0.39, 0.29) is 25.4 Å². The van der Waals surface area contributed by atoms with Crippen LogP contribution < -0.4 is 4.90 Å². The Labute approximate surface area is 103 Å². The number of aliphatic hydroxyl groups excluding tert-OH is 3. The van der Waals surface area contributed by atoms with Crippen molar-refractivity contribution in [2.75, 3.05) is 18.0 Å². The molecular formula is C11H14N2O5. The summed E-state index contributed by atoms with van der Waals surface area (Å²) in [5, 5.41) is 38.8. The SMILES string of the molecule is O=[N+]([O-])c1ccc(N2CC(O)C(O)C2)c(CO)c1. The predicted octanol–water partition coefficient (Wildman–Crippen LogP) is -0.371. The van der Waals surface area contributed by atoms with E-state index in [1.165, 1.54) is 18.2 Å². The summed E-state index contributed by atoms with van der Waals surface area (Å²) in [4.78, 5) is 11.8. The average Bonchev–Trinajstić information content (AvgIpc) is 2.68. The van der Waals surface area contributed by atoms with Crippen molar-refractivity contribution in [3.05, 3.63) is 33.9 Å². The molecule has 0 bridgehead atoms. The first-order chi connectivity index (χ1) is 8.52. The van der Waals surface area contributed by atoms with E-state index in [9.17, 15) is 25.4 Å². The molecule has 1 heterocycles. The van der Waals surface area contributed by atoms with Crippen LogP contribution in [0.3, 0.4) is 0 Å². The van der Waals surface area contributed by atoms with E-state index in [2.05, 4.69) is 0 Å². The van der Waals surface area contributed by atoms with E-state index in [0.29, 0.717) is 11.3 Å². The smallest absolute Gasteiger partial charge is 0.269 e. The van der Waals surface area contributed by atoms with Gasteiger partial charge in [-0.2, -0.15) is 0 Å². The Balaban J connectivity index is 2.31. The number of aliphatic hydroxyl groups is 3. The van der Waals surface area contributed by atoms with E-state index >= 15 is 0 Å². The second kappa shape index (κ2) is 4.89. The molecule has 7 heteroatoms. The fraction of sp³-hybridized carbons (Fsp3) is 0.455. The van der Waals surface area contributed by atoms with Crippen LogP contribution in [0.25, 0.3) is 0 Å². The number of β-amino-alcohol motifs (C(OH)–C–C–N with tert-alkyl or cyclic N) is 2. The van der Waals surface area contributed by atoms with E-state index in [1.807, 2.05) is 0 Å². The zero-order chi connectivity index (χ0) is 13.3. The Kier molecular flexibility index (Phi) is 3.46. The quantitative estimate of drug-likeness (QED) is 0.502. The Morgan fingerprint density at radius 1 is 1.33 bits per heavy atom. The van der Waals surface area contributed by atoms with Crippen molar-refractivity contribution in [1.29, 1.82) is 0 Å². The summed E-state index contributed by atoms with van der Waals surface area (Å²) in [6.45, 7) is 0.150.